The van der Waals surface area contributed by atoms with E-state index in [1.54, 1.807) is 0 Å². The van der Waals surface area contributed by atoms with Gasteiger partial charge in [0.15, 0.2) is 0 Å². The van der Waals surface area contributed by atoms with E-state index in [4.69, 9.17) is 15.0 Å². The molecule has 0 aromatic carbocycles. The minimum atomic E-state index is -0.833. The van der Waals surface area contributed by atoms with Crippen LogP contribution >= 0.6 is 0 Å². The first-order chi connectivity index (χ1) is 8.15. The third kappa shape index (κ3) is 9.51. The van der Waals surface area contributed by atoms with Crippen molar-refractivity contribution in [2.24, 2.45) is 17.3 Å². The van der Waals surface area contributed by atoms with E-state index >= 15 is 0 Å². The van der Waals surface area contributed by atoms with Crippen LogP contribution in [0, 0.1) is 17.3 Å². The summed E-state index contributed by atoms with van der Waals surface area (Å²) in [6, 6.07) is 0. The summed E-state index contributed by atoms with van der Waals surface area (Å²) >= 11 is 0. The molecular weight excluding hydrogens is 244 g/mol. The normalized spacial score (nSPS) is 22.5. The van der Waals surface area contributed by atoms with E-state index in [-0.39, 0.29) is 7.43 Å². The van der Waals surface area contributed by atoms with Crippen LogP contribution in [0.3, 0.4) is 0 Å². The predicted octanol–water partition coefficient (Wildman–Crippen LogP) is 4.04. The van der Waals surface area contributed by atoms with Gasteiger partial charge in [0.05, 0.1) is 5.41 Å². The molecule has 0 heterocycles. The number of carboxylic acids is 2. The Morgan fingerprint density at radius 1 is 1.11 bits per heavy atom. The Kier molecular flexibility index (Phi) is 9.54. The van der Waals surface area contributed by atoms with Gasteiger partial charge in [-0.3, -0.25) is 9.59 Å². The standard InChI is InChI=1S/C12H22O2.C2H4O2.CH4/c1-9-4-6-10(7-5-9)8-12(2,3)11(13)14;1-2(3)4;/h9-10H,4-8H2,1-3H3,(H,13,14);1H3,(H,3,4);1H4. The molecule has 19 heavy (non-hydrogen) atoms. The van der Waals surface area contributed by atoms with Crippen LogP contribution in [-0.2, 0) is 9.59 Å². The third-order valence-corrected chi connectivity index (χ3v) is 3.51. The van der Waals surface area contributed by atoms with Crippen molar-refractivity contribution in [3.63, 3.8) is 0 Å². The van der Waals surface area contributed by atoms with Gasteiger partial charge in [0, 0.05) is 6.92 Å². The van der Waals surface area contributed by atoms with Crippen LogP contribution in [0.4, 0.5) is 0 Å². The van der Waals surface area contributed by atoms with E-state index in [0.29, 0.717) is 5.92 Å². The van der Waals surface area contributed by atoms with Crippen LogP contribution in [0.2, 0.25) is 0 Å². The van der Waals surface area contributed by atoms with Crippen LogP contribution in [0.25, 0.3) is 0 Å². The average Bonchev–Trinajstić information content (AvgIpc) is 2.20. The Hall–Kier alpha value is -1.06. The van der Waals surface area contributed by atoms with Crippen molar-refractivity contribution in [2.75, 3.05) is 0 Å². The lowest BCUT2D eigenvalue weighted by Crippen LogP contribution is -2.28. The number of rotatable bonds is 3. The van der Waals surface area contributed by atoms with Gasteiger partial charge in [0.25, 0.3) is 5.97 Å². The highest BCUT2D eigenvalue weighted by atomic mass is 16.4. The molecule has 4 nitrogen and oxygen atoms in total. The zero-order valence-electron chi connectivity index (χ0n) is 11.9. The van der Waals surface area contributed by atoms with Crippen LogP contribution in [0.15, 0.2) is 0 Å². The van der Waals surface area contributed by atoms with Gasteiger partial charge < -0.3 is 10.2 Å². The fourth-order valence-corrected chi connectivity index (χ4v) is 2.34. The van der Waals surface area contributed by atoms with Gasteiger partial charge in [0.1, 0.15) is 0 Å². The van der Waals surface area contributed by atoms with E-state index in [9.17, 15) is 4.79 Å². The summed E-state index contributed by atoms with van der Waals surface area (Å²) in [4.78, 5) is 20.0. The number of hydrogen-bond donors (Lipinski definition) is 2. The molecule has 0 atom stereocenters. The Morgan fingerprint density at radius 3 is 1.79 bits per heavy atom. The summed E-state index contributed by atoms with van der Waals surface area (Å²) in [6.07, 6.45) is 5.84. The zero-order chi connectivity index (χ0) is 14.3. The van der Waals surface area contributed by atoms with Crippen molar-refractivity contribution in [3.8, 4) is 0 Å². The largest absolute Gasteiger partial charge is 0.481 e. The smallest absolute Gasteiger partial charge is 0.309 e. The molecule has 1 saturated carbocycles. The van der Waals surface area contributed by atoms with E-state index < -0.39 is 17.4 Å². The minimum absolute atomic E-state index is 0. The summed E-state index contributed by atoms with van der Waals surface area (Å²) in [5, 5.41) is 16.4. The van der Waals surface area contributed by atoms with Crippen molar-refractivity contribution < 1.29 is 19.8 Å². The maximum atomic E-state index is 11.0. The number of hydrogen-bond acceptors (Lipinski definition) is 2. The minimum Gasteiger partial charge on any atom is -0.481 e. The predicted molar refractivity (Wildman–Crippen MR) is 77.2 cm³/mol. The Balaban J connectivity index is 0. The third-order valence-electron chi connectivity index (χ3n) is 3.51. The molecule has 2 N–H and O–H groups in total. The second-order valence-electron chi connectivity index (χ2n) is 6.04. The molecule has 0 unspecified atom stereocenters. The van der Waals surface area contributed by atoms with Crippen LogP contribution < -0.4 is 0 Å². The van der Waals surface area contributed by atoms with Gasteiger partial charge >= 0.3 is 5.97 Å². The van der Waals surface area contributed by atoms with Gasteiger partial charge in [0.2, 0.25) is 0 Å². The van der Waals surface area contributed by atoms with Gasteiger partial charge in [-0.25, -0.2) is 0 Å². The van der Waals surface area contributed by atoms with E-state index in [2.05, 4.69) is 6.92 Å². The van der Waals surface area contributed by atoms with Gasteiger partial charge in [-0.1, -0.05) is 40.0 Å². The Morgan fingerprint density at radius 2 is 1.47 bits per heavy atom. The fraction of sp³-hybridized carbons (Fsp3) is 0.867. The zero-order valence-corrected chi connectivity index (χ0v) is 11.9. The number of carboxylic acid groups (broad SMARTS) is 2. The first-order valence-electron chi connectivity index (χ1n) is 6.58. The molecule has 0 aromatic heterocycles. The fourth-order valence-electron chi connectivity index (χ4n) is 2.34. The molecule has 0 aliphatic heterocycles. The molecule has 0 spiro atoms. The van der Waals surface area contributed by atoms with E-state index in [1.807, 2.05) is 13.8 Å². The molecule has 0 aromatic rings. The van der Waals surface area contributed by atoms with Crippen molar-refractivity contribution in [2.45, 2.75) is 67.2 Å². The van der Waals surface area contributed by atoms with E-state index in [0.717, 1.165) is 19.3 Å². The highest BCUT2D eigenvalue weighted by molar-refractivity contribution is 5.73. The van der Waals surface area contributed by atoms with Crippen molar-refractivity contribution in [1.82, 2.24) is 0 Å². The quantitative estimate of drug-likeness (QED) is 0.814. The van der Waals surface area contributed by atoms with Crippen molar-refractivity contribution in [1.29, 1.82) is 0 Å². The molecule has 0 saturated heterocycles. The summed E-state index contributed by atoms with van der Waals surface area (Å²) in [5.41, 5.74) is -0.536. The number of aliphatic carboxylic acids is 2. The average molecular weight is 274 g/mol. The topological polar surface area (TPSA) is 74.6 Å². The maximum absolute atomic E-state index is 11.0. The first kappa shape index (κ1) is 20.3. The van der Waals surface area contributed by atoms with Crippen LogP contribution in [0.5, 0.6) is 0 Å². The van der Waals surface area contributed by atoms with Gasteiger partial charge in [-0.15, -0.1) is 0 Å². The second kappa shape index (κ2) is 8.94. The lowest BCUT2D eigenvalue weighted by atomic mass is 9.74. The summed E-state index contributed by atoms with van der Waals surface area (Å²) in [5.74, 6) is -0.00684. The highest BCUT2D eigenvalue weighted by Gasteiger charge is 2.31. The maximum Gasteiger partial charge on any atom is 0.309 e. The summed E-state index contributed by atoms with van der Waals surface area (Å²) in [7, 11) is 0. The van der Waals surface area contributed by atoms with Crippen LogP contribution in [-0.4, -0.2) is 22.2 Å². The molecule has 1 fully saturated rings. The molecule has 1 aliphatic rings. The SMILES string of the molecule is C.CC(=O)O.CC1CCC(CC(C)(C)C(=O)O)CC1. The lowest BCUT2D eigenvalue weighted by molar-refractivity contribution is -0.148. The molecule has 4 heteroatoms. The van der Waals surface area contributed by atoms with Gasteiger partial charge in [-0.05, 0) is 32.1 Å². The Labute approximate surface area is 117 Å². The monoisotopic (exact) mass is 274 g/mol. The Bertz CT molecular complexity index is 272. The molecule has 0 amide bonds. The van der Waals surface area contributed by atoms with Crippen LogP contribution in [0.1, 0.15) is 67.2 Å². The molecular formula is C15H30O4. The molecule has 0 radical (unpaired) electrons. The van der Waals surface area contributed by atoms with Gasteiger partial charge in [-0.2, -0.15) is 0 Å². The number of carbonyl (C=O) groups is 2. The highest BCUT2D eigenvalue weighted by Crippen LogP contribution is 2.36. The van der Waals surface area contributed by atoms with Crippen molar-refractivity contribution in [3.05, 3.63) is 0 Å². The first-order valence-corrected chi connectivity index (χ1v) is 6.58. The molecule has 0 bridgehead atoms. The molecule has 1 rings (SSSR count). The molecule has 1 aliphatic carbocycles. The van der Waals surface area contributed by atoms with E-state index in [1.165, 1.54) is 25.7 Å². The summed E-state index contributed by atoms with van der Waals surface area (Å²) < 4.78 is 0. The molecule has 114 valence electrons. The summed E-state index contributed by atoms with van der Waals surface area (Å²) in [6.45, 7) is 7.05. The van der Waals surface area contributed by atoms with Crippen molar-refractivity contribution >= 4 is 11.9 Å². The lowest BCUT2D eigenvalue weighted by Gasteiger charge is -2.31. The second-order valence-corrected chi connectivity index (χ2v) is 6.04.